The molecule has 0 saturated carbocycles. The monoisotopic (exact) mass is 243 g/mol. The van der Waals surface area contributed by atoms with E-state index in [1.807, 2.05) is 30.2 Å². The van der Waals surface area contributed by atoms with E-state index in [-0.39, 0.29) is 0 Å². The fourth-order valence-electron chi connectivity index (χ4n) is 2.42. The molecule has 2 aromatic heterocycles. The van der Waals surface area contributed by atoms with Crippen molar-refractivity contribution in [1.82, 2.24) is 24.8 Å². The average Bonchev–Trinajstić information content (AvgIpc) is 2.86. The summed E-state index contributed by atoms with van der Waals surface area (Å²) < 4.78 is 1.97. The molecule has 0 bridgehead atoms. The summed E-state index contributed by atoms with van der Waals surface area (Å²) >= 11 is 0. The lowest BCUT2D eigenvalue weighted by Crippen LogP contribution is -2.27. The van der Waals surface area contributed by atoms with Crippen LogP contribution in [0.1, 0.15) is 24.5 Å². The van der Waals surface area contributed by atoms with Gasteiger partial charge in [-0.3, -0.25) is 4.98 Å². The molecule has 18 heavy (non-hydrogen) atoms. The number of aromatic nitrogens is 4. The van der Waals surface area contributed by atoms with Crippen LogP contribution in [-0.2, 0) is 7.05 Å². The summed E-state index contributed by atoms with van der Waals surface area (Å²) in [5.74, 6) is 0.534. The third kappa shape index (κ3) is 2.13. The number of hydrogen-bond acceptors (Lipinski definition) is 4. The molecule has 0 radical (unpaired) electrons. The van der Waals surface area contributed by atoms with E-state index in [4.69, 9.17) is 4.98 Å². The number of rotatable bonds is 2. The summed E-state index contributed by atoms with van der Waals surface area (Å²) in [5.41, 5.74) is 3.03. The van der Waals surface area contributed by atoms with E-state index in [1.54, 1.807) is 6.33 Å². The van der Waals surface area contributed by atoms with Crippen molar-refractivity contribution in [3.8, 4) is 11.4 Å². The summed E-state index contributed by atoms with van der Waals surface area (Å²) in [6, 6.07) is 0. The van der Waals surface area contributed by atoms with Crippen LogP contribution in [0.25, 0.3) is 11.4 Å². The highest BCUT2D eigenvalue weighted by atomic mass is 15.0. The van der Waals surface area contributed by atoms with Crippen molar-refractivity contribution in [1.29, 1.82) is 0 Å². The van der Waals surface area contributed by atoms with Gasteiger partial charge in [-0.1, -0.05) is 0 Å². The predicted octanol–water partition coefficient (Wildman–Crippen LogP) is 1.34. The smallest absolute Gasteiger partial charge is 0.107 e. The molecule has 1 fully saturated rings. The van der Waals surface area contributed by atoms with Crippen LogP contribution >= 0.6 is 0 Å². The molecule has 5 nitrogen and oxygen atoms in total. The zero-order chi connectivity index (χ0) is 12.4. The number of nitrogens with one attached hydrogen (secondary N) is 1. The zero-order valence-electron chi connectivity index (χ0n) is 10.5. The van der Waals surface area contributed by atoms with E-state index in [0.29, 0.717) is 5.92 Å². The van der Waals surface area contributed by atoms with Crippen LogP contribution < -0.4 is 5.32 Å². The SMILES string of the molecule is Cn1cncc1-c1cncc(C2CCNCC2)n1. The number of aryl methyl sites for hydroxylation is 1. The first-order valence-electron chi connectivity index (χ1n) is 6.34. The topological polar surface area (TPSA) is 55.6 Å². The summed E-state index contributed by atoms with van der Waals surface area (Å²) in [4.78, 5) is 13.2. The van der Waals surface area contributed by atoms with Gasteiger partial charge < -0.3 is 9.88 Å². The maximum Gasteiger partial charge on any atom is 0.107 e. The maximum absolute atomic E-state index is 4.75. The van der Waals surface area contributed by atoms with Gasteiger partial charge in [0.1, 0.15) is 5.69 Å². The molecule has 0 amide bonds. The third-order valence-corrected chi connectivity index (χ3v) is 3.49. The summed E-state index contributed by atoms with van der Waals surface area (Å²) in [6.45, 7) is 2.14. The van der Waals surface area contributed by atoms with Gasteiger partial charge >= 0.3 is 0 Å². The Morgan fingerprint density at radius 2 is 2.00 bits per heavy atom. The average molecular weight is 243 g/mol. The van der Waals surface area contributed by atoms with Crippen LogP contribution in [0.2, 0.25) is 0 Å². The maximum atomic E-state index is 4.75. The minimum absolute atomic E-state index is 0.534. The van der Waals surface area contributed by atoms with Gasteiger partial charge in [0.15, 0.2) is 0 Å². The molecule has 0 aromatic carbocycles. The summed E-state index contributed by atoms with van der Waals surface area (Å²) in [6.07, 6.45) is 9.61. The molecule has 1 aliphatic heterocycles. The number of piperidine rings is 1. The van der Waals surface area contributed by atoms with E-state index in [1.165, 1.54) is 0 Å². The van der Waals surface area contributed by atoms with Crippen LogP contribution in [0, 0.1) is 0 Å². The summed E-state index contributed by atoms with van der Waals surface area (Å²) in [5, 5.41) is 3.37. The lowest BCUT2D eigenvalue weighted by Gasteiger charge is -2.22. The Morgan fingerprint density at radius 1 is 1.17 bits per heavy atom. The molecule has 94 valence electrons. The van der Waals surface area contributed by atoms with E-state index in [0.717, 1.165) is 43.0 Å². The Kier molecular flexibility index (Phi) is 3.06. The molecule has 3 rings (SSSR count). The van der Waals surface area contributed by atoms with Gasteiger partial charge in [-0.05, 0) is 25.9 Å². The van der Waals surface area contributed by atoms with Crippen molar-refractivity contribution in [2.75, 3.05) is 13.1 Å². The Labute approximate surface area is 106 Å². The highest BCUT2D eigenvalue weighted by molar-refractivity contribution is 5.52. The first kappa shape index (κ1) is 11.3. The molecule has 0 unspecified atom stereocenters. The molecule has 0 atom stereocenters. The minimum atomic E-state index is 0.534. The standard InChI is InChI=1S/C13H17N5/c1-18-9-16-8-13(18)12-7-15-6-11(17-12)10-2-4-14-5-3-10/h6-10,14H,2-5H2,1H3. The second kappa shape index (κ2) is 4.86. The Balaban J connectivity index is 1.91. The molecule has 1 saturated heterocycles. The van der Waals surface area contributed by atoms with Gasteiger partial charge in [0.05, 0.1) is 30.1 Å². The molecular formula is C13H17N5. The van der Waals surface area contributed by atoms with Gasteiger partial charge in [-0.15, -0.1) is 0 Å². The molecule has 2 aromatic rings. The van der Waals surface area contributed by atoms with Crippen molar-refractivity contribution in [2.45, 2.75) is 18.8 Å². The lowest BCUT2D eigenvalue weighted by molar-refractivity contribution is 0.452. The number of nitrogens with zero attached hydrogens (tertiary/aromatic N) is 4. The van der Waals surface area contributed by atoms with E-state index in [9.17, 15) is 0 Å². The second-order valence-corrected chi connectivity index (χ2v) is 4.74. The normalized spacial score (nSPS) is 16.9. The zero-order valence-corrected chi connectivity index (χ0v) is 10.5. The third-order valence-electron chi connectivity index (χ3n) is 3.49. The van der Waals surface area contributed by atoms with E-state index < -0.39 is 0 Å². The first-order chi connectivity index (χ1) is 8.84. The molecule has 1 N–H and O–H groups in total. The van der Waals surface area contributed by atoms with Crippen LogP contribution in [0.15, 0.2) is 24.9 Å². The summed E-state index contributed by atoms with van der Waals surface area (Å²) in [7, 11) is 1.97. The molecule has 0 spiro atoms. The van der Waals surface area contributed by atoms with Crippen molar-refractivity contribution >= 4 is 0 Å². The molecule has 5 heteroatoms. The van der Waals surface area contributed by atoms with Crippen LogP contribution in [0.4, 0.5) is 0 Å². The molecular weight excluding hydrogens is 226 g/mol. The first-order valence-corrected chi connectivity index (χ1v) is 6.34. The van der Waals surface area contributed by atoms with Crippen molar-refractivity contribution < 1.29 is 0 Å². The van der Waals surface area contributed by atoms with Crippen molar-refractivity contribution in [2.24, 2.45) is 7.05 Å². The molecule has 0 aliphatic carbocycles. The molecule has 3 heterocycles. The lowest BCUT2D eigenvalue weighted by atomic mass is 9.95. The Morgan fingerprint density at radius 3 is 2.72 bits per heavy atom. The van der Waals surface area contributed by atoms with Gasteiger partial charge in [-0.2, -0.15) is 0 Å². The van der Waals surface area contributed by atoms with Crippen LogP contribution in [0.5, 0.6) is 0 Å². The minimum Gasteiger partial charge on any atom is -0.332 e. The van der Waals surface area contributed by atoms with Gasteiger partial charge in [0, 0.05) is 19.2 Å². The van der Waals surface area contributed by atoms with E-state index in [2.05, 4.69) is 15.3 Å². The van der Waals surface area contributed by atoms with Gasteiger partial charge in [0.25, 0.3) is 0 Å². The van der Waals surface area contributed by atoms with Crippen molar-refractivity contribution in [3.63, 3.8) is 0 Å². The highest BCUT2D eigenvalue weighted by Crippen LogP contribution is 2.24. The van der Waals surface area contributed by atoms with Crippen molar-refractivity contribution in [3.05, 3.63) is 30.6 Å². The molecule has 1 aliphatic rings. The number of imidazole rings is 1. The van der Waals surface area contributed by atoms with E-state index >= 15 is 0 Å². The van der Waals surface area contributed by atoms with Crippen LogP contribution in [-0.4, -0.2) is 32.6 Å². The Hall–Kier alpha value is -1.75. The quantitative estimate of drug-likeness (QED) is 0.865. The largest absolute Gasteiger partial charge is 0.332 e. The predicted molar refractivity (Wildman–Crippen MR) is 69.1 cm³/mol. The second-order valence-electron chi connectivity index (χ2n) is 4.74. The number of hydrogen-bond donors (Lipinski definition) is 1. The van der Waals surface area contributed by atoms with Gasteiger partial charge in [-0.25, -0.2) is 9.97 Å². The fourth-order valence-corrected chi connectivity index (χ4v) is 2.42. The Bertz CT molecular complexity index is 528. The van der Waals surface area contributed by atoms with Gasteiger partial charge in [0.2, 0.25) is 0 Å². The van der Waals surface area contributed by atoms with Crippen LogP contribution in [0.3, 0.4) is 0 Å². The fraction of sp³-hybridized carbons (Fsp3) is 0.462. The highest BCUT2D eigenvalue weighted by Gasteiger charge is 2.17.